The van der Waals surface area contributed by atoms with Crippen LogP contribution in [0.5, 0.6) is 0 Å². The monoisotopic (exact) mass is 526 g/mol. The molecule has 3 aromatic carbocycles. The summed E-state index contributed by atoms with van der Waals surface area (Å²) in [7, 11) is -3.81. The van der Waals surface area contributed by atoms with E-state index in [0.29, 0.717) is 21.6 Å². The Labute approximate surface area is 208 Å². The van der Waals surface area contributed by atoms with Gasteiger partial charge in [-0.1, -0.05) is 46.9 Å². The van der Waals surface area contributed by atoms with Gasteiger partial charge in [0.2, 0.25) is 10.0 Å². The summed E-state index contributed by atoms with van der Waals surface area (Å²) in [6, 6.07) is 18.0. The lowest BCUT2D eigenvalue weighted by Gasteiger charge is -2.42. The first-order valence-electron chi connectivity index (χ1n) is 10.5. The van der Waals surface area contributed by atoms with E-state index in [1.54, 1.807) is 6.07 Å². The fourth-order valence-corrected chi connectivity index (χ4v) is 5.98. The van der Waals surface area contributed by atoms with Crippen molar-refractivity contribution in [2.75, 3.05) is 18.0 Å². The summed E-state index contributed by atoms with van der Waals surface area (Å²) in [5, 5.41) is 1.80. The minimum absolute atomic E-state index is 0.00650. The summed E-state index contributed by atoms with van der Waals surface area (Å²) in [4.78, 5) is 2.13. The number of nitrogens with one attached hydrogen (secondary N) is 1. The fourth-order valence-electron chi connectivity index (χ4n) is 4.17. The third-order valence-corrected chi connectivity index (χ3v) is 8.06. The molecule has 0 saturated carbocycles. The molecule has 0 bridgehead atoms. The van der Waals surface area contributed by atoms with Gasteiger partial charge in [0.05, 0.1) is 10.9 Å². The van der Waals surface area contributed by atoms with Gasteiger partial charge in [0, 0.05) is 33.8 Å². The molecule has 174 valence electrons. The molecule has 1 aliphatic rings. The van der Waals surface area contributed by atoms with Gasteiger partial charge in [0.15, 0.2) is 0 Å². The van der Waals surface area contributed by atoms with E-state index in [9.17, 15) is 12.8 Å². The topological polar surface area (TPSA) is 49.4 Å². The highest BCUT2D eigenvalue weighted by molar-refractivity contribution is 7.89. The van der Waals surface area contributed by atoms with Crippen LogP contribution in [-0.4, -0.2) is 21.5 Å². The van der Waals surface area contributed by atoms with Crippen molar-refractivity contribution in [3.63, 3.8) is 0 Å². The van der Waals surface area contributed by atoms with Crippen molar-refractivity contribution < 1.29 is 12.8 Å². The Morgan fingerprint density at radius 1 is 0.939 bits per heavy atom. The molecule has 1 aliphatic heterocycles. The van der Waals surface area contributed by atoms with Crippen molar-refractivity contribution in [3.05, 3.63) is 93.2 Å². The van der Waals surface area contributed by atoms with Gasteiger partial charge in [0.25, 0.3) is 0 Å². The molecule has 4 rings (SSSR count). The molecule has 9 heteroatoms. The summed E-state index contributed by atoms with van der Waals surface area (Å²) >= 11 is 18.7. The van der Waals surface area contributed by atoms with Gasteiger partial charge in [-0.25, -0.2) is 17.5 Å². The van der Waals surface area contributed by atoms with E-state index in [1.807, 2.05) is 36.4 Å². The first kappa shape index (κ1) is 24.3. The predicted octanol–water partition coefficient (Wildman–Crippen LogP) is 6.72. The molecule has 2 unspecified atom stereocenters. The molecule has 0 spiro atoms. The molecule has 1 heterocycles. The fraction of sp³-hybridized carbons (Fsp3) is 0.250. The predicted molar refractivity (Wildman–Crippen MR) is 132 cm³/mol. The molecule has 4 nitrogen and oxygen atoms in total. The Morgan fingerprint density at radius 2 is 1.67 bits per heavy atom. The van der Waals surface area contributed by atoms with E-state index in [-0.39, 0.29) is 23.4 Å². The Balaban J connectivity index is 1.55. The van der Waals surface area contributed by atoms with Crippen LogP contribution < -0.4 is 9.62 Å². The molecule has 2 atom stereocenters. The van der Waals surface area contributed by atoms with Crippen molar-refractivity contribution in [3.8, 4) is 0 Å². The average molecular weight is 528 g/mol. The Bertz CT molecular complexity index is 1240. The number of benzene rings is 3. The number of hydrogen-bond donors (Lipinski definition) is 1. The van der Waals surface area contributed by atoms with Crippen LogP contribution in [0.4, 0.5) is 10.1 Å². The maximum absolute atomic E-state index is 13.5. The number of halogens is 4. The van der Waals surface area contributed by atoms with Crippen LogP contribution in [0.2, 0.25) is 15.1 Å². The van der Waals surface area contributed by atoms with Crippen molar-refractivity contribution in [2.45, 2.75) is 23.8 Å². The highest BCUT2D eigenvalue weighted by atomic mass is 35.5. The highest BCUT2D eigenvalue weighted by Gasteiger charge is 2.31. The van der Waals surface area contributed by atoms with Crippen molar-refractivity contribution >= 4 is 50.5 Å². The van der Waals surface area contributed by atoms with Gasteiger partial charge >= 0.3 is 0 Å². The number of rotatable bonds is 6. The second-order valence-electron chi connectivity index (χ2n) is 8.06. The van der Waals surface area contributed by atoms with E-state index in [4.69, 9.17) is 34.8 Å². The zero-order valence-corrected chi connectivity index (χ0v) is 20.6. The maximum Gasteiger partial charge on any atom is 0.240 e. The second kappa shape index (κ2) is 10.2. The first-order chi connectivity index (χ1) is 15.7. The minimum Gasteiger partial charge on any atom is -0.364 e. The average Bonchev–Trinajstić information content (AvgIpc) is 2.78. The van der Waals surface area contributed by atoms with Crippen LogP contribution in [-0.2, 0) is 10.0 Å². The molecular formula is C24H22Cl3FN2O2S. The van der Waals surface area contributed by atoms with Crippen molar-refractivity contribution in [1.29, 1.82) is 0 Å². The lowest BCUT2D eigenvalue weighted by molar-refractivity contribution is 0.358. The molecule has 0 aliphatic carbocycles. The van der Waals surface area contributed by atoms with Crippen LogP contribution in [0.15, 0.2) is 71.6 Å². The summed E-state index contributed by atoms with van der Waals surface area (Å²) in [5.74, 6) is -0.543. The van der Waals surface area contributed by atoms with Crippen LogP contribution in [0.1, 0.15) is 24.4 Å². The lowest BCUT2D eigenvalue weighted by Crippen LogP contribution is -2.42. The minimum atomic E-state index is -3.81. The van der Waals surface area contributed by atoms with Gasteiger partial charge in [-0.2, -0.15) is 0 Å². The molecule has 0 amide bonds. The second-order valence-corrected chi connectivity index (χ2v) is 11.1. The Kier molecular flexibility index (Phi) is 7.51. The standard InChI is InChI=1S/C24H22Cl3FN2O2S/c25-17-5-8-20(9-6-17)30-15-16(4-11-24(30)22-10-7-18(26)12-23(22)27)14-29-33(31,32)21-3-1-2-19(28)13-21/h1-3,5-10,12-13,16,24,29H,4,11,14-15H2. The summed E-state index contributed by atoms with van der Waals surface area (Å²) in [6.45, 7) is 0.848. The van der Waals surface area contributed by atoms with Crippen LogP contribution in [0.25, 0.3) is 0 Å². The van der Waals surface area contributed by atoms with Crippen molar-refractivity contribution in [1.82, 2.24) is 4.72 Å². The van der Waals surface area contributed by atoms with Crippen LogP contribution in [0, 0.1) is 11.7 Å². The molecule has 33 heavy (non-hydrogen) atoms. The molecule has 0 aromatic heterocycles. The smallest absolute Gasteiger partial charge is 0.240 e. The molecule has 1 fully saturated rings. The van der Waals surface area contributed by atoms with Crippen LogP contribution in [0.3, 0.4) is 0 Å². The molecular weight excluding hydrogens is 506 g/mol. The first-order valence-corrected chi connectivity index (χ1v) is 13.1. The van der Waals surface area contributed by atoms with E-state index >= 15 is 0 Å². The molecule has 0 radical (unpaired) electrons. The number of anilines is 1. The lowest BCUT2D eigenvalue weighted by atomic mass is 9.88. The molecule has 1 saturated heterocycles. The third kappa shape index (κ3) is 5.81. The Hall–Kier alpha value is -1.83. The summed E-state index contributed by atoms with van der Waals surface area (Å²) < 4.78 is 41.4. The van der Waals surface area contributed by atoms with E-state index in [0.717, 1.165) is 30.2 Å². The molecule has 1 N–H and O–H groups in total. The largest absolute Gasteiger partial charge is 0.364 e. The zero-order valence-electron chi connectivity index (χ0n) is 17.5. The highest BCUT2D eigenvalue weighted by Crippen LogP contribution is 2.40. The maximum atomic E-state index is 13.5. The van der Waals surface area contributed by atoms with Gasteiger partial charge in [-0.05, 0) is 78.9 Å². The van der Waals surface area contributed by atoms with E-state index in [1.165, 1.54) is 18.2 Å². The number of piperidine rings is 1. The van der Waals surface area contributed by atoms with Gasteiger partial charge in [-0.15, -0.1) is 0 Å². The summed E-state index contributed by atoms with van der Waals surface area (Å²) in [5.41, 5.74) is 1.93. The third-order valence-electron chi connectivity index (χ3n) is 5.83. The molecule has 3 aromatic rings. The number of sulfonamides is 1. The normalized spacial score (nSPS) is 19.0. The van der Waals surface area contributed by atoms with Crippen LogP contribution >= 0.6 is 34.8 Å². The van der Waals surface area contributed by atoms with E-state index < -0.39 is 15.8 Å². The van der Waals surface area contributed by atoms with Gasteiger partial charge in [-0.3, -0.25) is 0 Å². The summed E-state index contributed by atoms with van der Waals surface area (Å²) in [6.07, 6.45) is 1.57. The van der Waals surface area contributed by atoms with Gasteiger partial charge < -0.3 is 4.90 Å². The number of nitrogens with zero attached hydrogens (tertiary/aromatic N) is 1. The number of hydrogen-bond acceptors (Lipinski definition) is 3. The van der Waals surface area contributed by atoms with Crippen molar-refractivity contribution in [2.24, 2.45) is 5.92 Å². The van der Waals surface area contributed by atoms with E-state index in [2.05, 4.69) is 9.62 Å². The SMILES string of the molecule is O=S(=O)(NCC1CCC(c2ccc(Cl)cc2Cl)N(c2ccc(Cl)cc2)C1)c1cccc(F)c1. The van der Waals surface area contributed by atoms with Gasteiger partial charge in [0.1, 0.15) is 5.82 Å². The quantitative estimate of drug-likeness (QED) is 0.387. The Morgan fingerprint density at radius 3 is 2.36 bits per heavy atom. The zero-order chi connectivity index (χ0) is 23.6.